The lowest BCUT2D eigenvalue weighted by Crippen LogP contribution is -2.48. The molecule has 0 saturated heterocycles. The van der Waals surface area contributed by atoms with Gasteiger partial charge < -0.3 is 5.11 Å². The molecule has 2 nitrogen and oxygen atoms in total. The van der Waals surface area contributed by atoms with Crippen molar-refractivity contribution in [3.05, 3.63) is 11.6 Å². The summed E-state index contributed by atoms with van der Waals surface area (Å²) in [7, 11) is 0. The van der Waals surface area contributed by atoms with Crippen molar-refractivity contribution in [3.63, 3.8) is 0 Å². The van der Waals surface area contributed by atoms with Crippen molar-refractivity contribution < 1.29 is 9.90 Å². The van der Waals surface area contributed by atoms with Crippen LogP contribution in [0.15, 0.2) is 11.6 Å². The summed E-state index contributed by atoms with van der Waals surface area (Å²) in [5, 5.41) is 9.27. The first kappa shape index (κ1) is 13.2. The number of aliphatic carboxylic acids is 1. The van der Waals surface area contributed by atoms with Gasteiger partial charge in [-0.3, -0.25) is 0 Å². The Hall–Kier alpha value is -0.790. The van der Waals surface area contributed by atoms with Crippen molar-refractivity contribution in [2.75, 3.05) is 0 Å². The molecule has 4 fully saturated rings. The smallest absolute Gasteiger partial charge is 0.328 e. The maximum Gasteiger partial charge on any atom is 0.328 e. The highest BCUT2D eigenvalue weighted by Gasteiger charge is 2.54. The van der Waals surface area contributed by atoms with Gasteiger partial charge in [-0.1, -0.05) is 26.3 Å². The molecular weight excluding hydrogens is 236 g/mol. The molecule has 0 aromatic heterocycles. The molecule has 19 heavy (non-hydrogen) atoms. The van der Waals surface area contributed by atoms with Crippen molar-refractivity contribution in [1.82, 2.24) is 0 Å². The van der Waals surface area contributed by atoms with Crippen LogP contribution >= 0.6 is 0 Å². The van der Waals surface area contributed by atoms with Gasteiger partial charge in [0.1, 0.15) is 0 Å². The summed E-state index contributed by atoms with van der Waals surface area (Å²) in [5.74, 6) is 1.84. The second-order valence-electron chi connectivity index (χ2n) is 8.34. The molecule has 4 saturated carbocycles. The Morgan fingerprint density at radius 1 is 1.05 bits per heavy atom. The van der Waals surface area contributed by atoms with Crippen molar-refractivity contribution in [2.45, 2.75) is 59.3 Å². The first-order chi connectivity index (χ1) is 8.78. The first-order valence-corrected chi connectivity index (χ1v) is 7.74. The van der Waals surface area contributed by atoms with Gasteiger partial charge in [-0.2, -0.15) is 0 Å². The minimum absolute atomic E-state index is 0.0238. The highest BCUT2D eigenvalue weighted by molar-refractivity contribution is 5.81. The summed E-state index contributed by atoms with van der Waals surface area (Å²) in [4.78, 5) is 11.3. The minimum Gasteiger partial charge on any atom is -0.478 e. The van der Waals surface area contributed by atoms with Gasteiger partial charge in [0, 0.05) is 6.08 Å². The van der Waals surface area contributed by atoms with Gasteiger partial charge in [0.25, 0.3) is 0 Å². The summed E-state index contributed by atoms with van der Waals surface area (Å²) < 4.78 is 0. The van der Waals surface area contributed by atoms with E-state index < -0.39 is 5.97 Å². The molecule has 4 aliphatic rings. The molecule has 1 N–H and O–H groups in total. The molecule has 0 heterocycles. The fourth-order valence-electron chi connectivity index (χ4n) is 5.73. The summed E-state index contributed by atoms with van der Waals surface area (Å²) in [6, 6.07) is 0. The summed E-state index contributed by atoms with van der Waals surface area (Å²) in [6.45, 7) is 6.54. The van der Waals surface area contributed by atoms with Crippen molar-refractivity contribution >= 4 is 5.97 Å². The zero-order valence-electron chi connectivity index (χ0n) is 12.4. The Kier molecular flexibility index (Phi) is 2.85. The predicted molar refractivity (Wildman–Crippen MR) is 75.8 cm³/mol. The van der Waals surface area contributed by atoms with E-state index >= 15 is 0 Å². The Morgan fingerprint density at radius 3 is 1.79 bits per heavy atom. The Labute approximate surface area is 116 Å². The van der Waals surface area contributed by atoms with Gasteiger partial charge in [0.05, 0.1) is 0 Å². The lowest BCUT2D eigenvalue weighted by molar-refractivity contribution is -0.131. The van der Waals surface area contributed by atoms with Gasteiger partial charge in [0.2, 0.25) is 0 Å². The predicted octanol–water partition coefficient (Wildman–Crippen LogP) is 4.26. The van der Waals surface area contributed by atoms with E-state index in [1.165, 1.54) is 44.1 Å². The average molecular weight is 262 g/mol. The topological polar surface area (TPSA) is 37.3 Å². The number of carboxylic acids is 1. The summed E-state index contributed by atoms with van der Waals surface area (Å²) >= 11 is 0. The third-order valence-corrected chi connectivity index (χ3v) is 5.69. The van der Waals surface area contributed by atoms with E-state index in [2.05, 4.69) is 20.8 Å². The molecule has 0 aromatic carbocycles. The molecule has 0 atom stereocenters. The van der Waals surface area contributed by atoms with Crippen molar-refractivity contribution in [3.8, 4) is 0 Å². The first-order valence-electron chi connectivity index (χ1n) is 7.74. The Balaban J connectivity index is 2.00. The van der Waals surface area contributed by atoms with Crippen LogP contribution in [0.1, 0.15) is 59.3 Å². The lowest BCUT2D eigenvalue weighted by atomic mass is 9.45. The second kappa shape index (κ2) is 4.10. The van der Waals surface area contributed by atoms with E-state index in [9.17, 15) is 9.90 Å². The normalized spacial score (nSPS) is 41.6. The fourth-order valence-corrected chi connectivity index (χ4v) is 5.73. The largest absolute Gasteiger partial charge is 0.478 e. The number of rotatable bonds is 2. The molecule has 4 aliphatic carbocycles. The second-order valence-corrected chi connectivity index (χ2v) is 8.34. The van der Waals surface area contributed by atoms with Gasteiger partial charge in [-0.15, -0.1) is 0 Å². The third-order valence-electron chi connectivity index (χ3n) is 5.69. The van der Waals surface area contributed by atoms with Crippen LogP contribution in [0.2, 0.25) is 0 Å². The fraction of sp³-hybridized carbons (Fsp3) is 0.824. The number of hydrogen-bond acceptors (Lipinski definition) is 1. The number of allylic oxidation sites excluding steroid dienone is 1. The molecule has 106 valence electrons. The van der Waals surface area contributed by atoms with Crippen LogP contribution in [0.3, 0.4) is 0 Å². The monoisotopic (exact) mass is 262 g/mol. The number of carbonyl (C=O) groups is 1. The maximum atomic E-state index is 11.3. The van der Waals surface area contributed by atoms with E-state index in [0.29, 0.717) is 0 Å². The van der Waals surface area contributed by atoms with Crippen LogP contribution in [0.25, 0.3) is 0 Å². The van der Waals surface area contributed by atoms with Crippen LogP contribution in [-0.4, -0.2) is 11.1 Å². The van der Waals surface area contributed by atoms with Crippen LogP contribution in [0.4, 0.5) is 0 Å². The van der Waals surface area contributed by atoms with Gasteiger partial charge >= 0.3 is 5.97 Å². The minimum atomic E-state index is -0.763. The van der Waals surface area contributed by atoms with E-state index in [1.807, 2.05) is 0 Å². The summed E-state index contributed by atoms with van der Waals surface area (Å²) in [6.07, 6.45) is 9.50. The van der Waals surface area contributed by atoms with Crippen molar-refractivity contribution in [2.24, 2.45) is 28.6 Å². The molecular formula is C17H26O2. The SMILES string of the molecule is CC(C)(C)/C(=C\C(=O)O)C12CC3CC(CC(C3)C1)C2. The number of carboxylic acid groups (broad SMARTS) is 1. The third kappa shape index (κ3) is 2.23. The molecule has 4 bridgehead atoms. The molecule has 0 spiro atoms. The van der Waals surface area contributed by atoms with Crippen LogP contribution in [0, 0.1) is 28.6 Å². The van der Waals surface area contributed by atoms with Crippen molar-refractivity contribution in [1.29, 1.82) is 0 Å². The molecule has 0 unspecified atom stereocenters. The highest BCUT2D eigenvalue weighted by Crippen LogP contribution is 2.64. The standard InChI is InChI=1S/C17H26O2/c1-16(2,3)14(7-15(18)19)17-8-11-4-12(9-17)6-13(5-11)10-17/h7,11-13H,4-6,8-10H2,1-3H3,(H,18,19)/b14-7+. The molecule has 0 aliphatic heterocycles. The van der Waals surface area contributed by atoms with Crippen LogP contribution in [0.5, 0.6) is 0 Å². The van der Waals surface area contributed by atoms with Crippen LogP contribution < -0.4 is 0 Å². The zero-order valence-corrected chi connectivity index (χ0v) is 12.4. The molecule has 2 heteroatoms. The molecule has 0 aromatic rings. The lowest BCUT2D eigenvalue weighted by Gasteiger charge is -2.59. The highest BCUT2D eigenvalue weighted by atomic mass is 16.4. The van der Waals surface area contributed by atoms with E-state index in [-0.39, 0.29) is 10.8 Å². The van der Waals surface area contributed by atoms with Crippen LogP contribution in [-0.2, 0) is 4.79 Å². The van der Waals surface area contributed by atoms with Gasteiger partial charge in [0.15, 0.2) is 0 Å². The molecule has 0 radical (unpaired) electrons. The van der Waals surface area contributed by atoms with Gasteiger partial charge in [-0.25, -0.2) is 4.79 Å². The number of hydrogen-bond donors (Lipinski definition) is 1. The molecule has 0 amide bonds. The van der Waals surface area contributed by atoms with Gasteiger partial charge in [-0.05, 0) is 67.1 Å². The Bertz CT molecular complexity index is 390. The zero-order chi connectivity index (χ0) is 13.8. The summed E-state index contributed by atoms with van der Waals surface area (Å²) in [5.41, 5.74) is 1.40. The van der Waals surface area contributed by atoms with E-state index in [0.717, 1.165) is 17.8 Å². The maximum absolute atomic E-state index is 11.3. The Morgan fingerprint density at radius 2 is 1.47 bits per heavy atom. The quantitative estimate of drug-likeness (QED) is 0.755. The molecule has 4 rings (SSSR count). The average Bonchev–Trinajstić information content (AvgIpc) is 2.22. The van der Waals surface area contributed by atoms with E-state index in [1.54, 1.807) is 6.08 Å². The van der Waals surface area contributed by atoms with E-state index in [4.69, 9.17) is 0 Å².